The van der Waals surface area contributed by atoms with Crippen molar-refractivity contribution in [3.05, 3.63) is 59.7 Å². The number of esters is 1. The Morgan fingerprint density at radius 3 is 2.50 bits per heavy atom. The second-order valence-electron chi connectivity index (χ2n) is 5.63. The van der Waals surface area contributed by atoms with E-state index in [0.717, 1.165) is 5.56 Å². The molecule has 0 aliphatic rings. The molecule has 7 nitrogen and oxygen atoms in total. The molecule has 0 saturated heterocycles. The maximum absolute atomic E-state index is 11.9. The number of ether oxygens (including phenoxy) is 3. The largest absolute Gasteiger partial charge is 0.497 e. The second-order valence-corrected chi connectivity index (χ2v) is 5.63. The fraction of sp³-hybridized carbons (Fsp3) is 0.190. The van der Waals surface area contributed by atoms with Crippen LogP contribution in [-0.2, 0) is 20.7 Å². The number of rotatable bonds is 8. The summed E-state index contributed by atoms with van der Waals surface area (Å²) in [6, 6.07) is 14.1. The van der Waals surface area contributed by atoms with Crippen LogP contribution in [0.4, 0.5) is 5.69 Å². The van der Waals surface area contributed by atoms with Gasteiger partial charge in [-0.15, -0.1) is 0 Å². The van der Waals surface area contributed by atoms with E-state index in [-0.39, 0.29) is 0 Å². The molecular formula is C21H20N2O5. The van der Waals surface area contributed by atoms with Crippen LogP contribution in [0, 0.1) is 11.3 Å². The lowest BCUT2D eigenvalue weighted by atomic mass is 10.1. The highest BCUT2D eigenvalue weighted by molar-refractivity contribution is 5.94. The van der Waals surface area contributed by atoms with Crippen LogP contribution in [0.3, 0.4) is 0 Å². The van der Waals surface area contributed by atoms with Crippen molar-refractivity contribution in [3.63, 3.8) is 0 Å². The third-order valence-electron chi connectivity index (χ3n) is 3.71. The lowest BCUT2D eigenvalue weighted by Crippen LogP contribution is -2.20. The SMILES string of the molecule is COc1ccc(/C=C/C(=O)OCC(=O)Nc2ccc(CC#N)cc2)c(OC)c1. The van der Waals surface area contributed by atoms with E-state index in [0.29, 0.717) is 29.2 Å². The first kappa shape index (κ1) is 20.5. The molecule has 0 aliphatic carbocycles. The summed E-state index contributed by atoms with van der Waals surface area (Å²) in [7, 11) is 3.06. The van der Waals surface area contributed by atoms with Gasteiger partial charge in [0.25, 0.3) is 5.91 Å². The van der Waals surface area contributed by atoms with Crippen molar-refractivity contribution in [3.8, 4) is 17.6 Å². The number of methoxy groups -OCH3 is 2. The molecule has 0 unspecified atom stereocenters. The molecule has 0 bridgehead atoms. The summed E-state index contributed by atoms with van der Waals surface area (Å²) in [6.07, 6.45) is 3.05. The normalized spacial score (nSPS) is 10.2. The van der Waals surface area contributed by atoms with E-state index < -0.39 is 18.5 Å². The molecule has 2 aromatic carbocycles. The van der Waals surface area contributed by atoms with Gasteiger partial charge < -0.3 is 19.5 Å². The van der Waals surface area contributed by atoms with Crippen molar-refractivity contribution >= 4 is 23.6 Å². The summed E-state index contributed by atoms with van der Waals surface area (Å²) in [5.41, 5.74) is 2.08. The van der Waals surface area contributed by atoms with Gasteiger partial charge in [0.1, 0.15) is 11.5 Å². The molecule has 28 heavy (non-hydrogen) atoms. The third kappa shape index (κ3) is 6.18. The van der Waals surface area contributed by atoms with E-state index >= 15 is 0 Å². The van der Waals surface area contributed by atoms with Crippen LogP contribution < -0.4 is 14.8 Å². The lowest BCUT2D eigenvalue weighted by molar-refractivity contribution is -0.142. The van der Waals surface area contributed by atoms with Gasteiger partial charge in [-0.2, -0.15) is 5.26 Å². The van der Waals surface area contributed by atoms with E-state index in [2.05, 4.69) is 5.32 Å². The molecule has 2 aromatic rings. The summed E-state index contributed by atoms with van der Waals surface area (Å²) < 4.78 is 15.3. The first-order valence-corrected chi connectivity index (χ1v) is 8.38. The maximum Gasteiger partial charge on any atom is 0.331 e. The van der Waals surface area contributed by atoms with Gasteiger partial charge in [-0.3, -0.25) is 4.79 Å². The molecule has 7 heteroatoms. The molecule has 0 aliphatic heterocycles. The average molecular weight is 380 g/mol. The van der Waals surface area contributed by atoms with Crippen molar-refractivity contribution in [2.75, 3.05) is 26.1 Å². The van der Waals surface area contributed by atoms with Crippen LogP contribution in [0.1, 0.15) is 11.1 Å². The average Bonchev–Trinajstić information content (AvgIpc) is 2.72. The fourth-order valence-electron chi connectivity index (χ4n) is 2.29. The summed E-state index contributed by atoms with van der Waals surface area (Å²) in [4.78, 5) is 23.7. The zero-order chi connectivity index (χ0) is 20.4. The van der Waals surface area contributed by atoms with Crippen molar-refractivity contribution in [2.45, 2.75) is 6.42 Å². The predicted molar refractivity (Wildman–Crippen MR) is 104 cm³/mol. The van der Waals surface area contributed by atoms with Crippen molar-refractivity contribution in [1.29, 1.82) is 5.26 Å². The van der Waals surface area contributed by atoms with E-state index in [4.69, 9.17) is 19.5 Å². The van der Waals surface area contributed by atoms with Crippen LogP contribution in [0.25, 0.3) is 6.08 Å². The third-order valence-corrected chi connectivity index (χ3v) is 3.71. The Balaban J connectivity index is 1.85. The summed E-state index contributed by atoms with van der Waals surface area (Å²) in [5.74, 6) is 0.0593. The van der Waals surface area contributed by atoms with Gasteiger partial charge in [-0.1, -0.05) is 12.1 Å². The number of nitriles is 1. The monoisotopic (exact) mass is 380 g/mol. The minimum Gasteiger partial charge on any atom is -0.497 e. The number of hydrogen-bond acceptors (Lipinski definition) is 6. The Kier molecular flexibility index (Phi) is 7.61. The Labute approximate surface area is 163 Å². The Morgan fingerprint density at radius 2 is 1.86 bits per heavy atom. The van der Waals surface area contributed by atoms with E-state index in [1.807, 2.05) is 6.07 Å². The molecule has 0 saturated carbocycles. The molecule has 0 atom stereocenters. The first-order chi connectivity index (χ1) is 13.5. The Bertz CT molecular complexity index is 898. The summed E-state index contributed by atoms with van der Waals surface area (Å²) in [5, 5.41) is 11.3. The van der Waals surface area contributed by atoms with Gasteiger partial charge >= 0.3 is 5.97 Å². The number of amides is 1. The highest BCUT2D eigenvalue weighted by Gasteiger charge is 2.07. The zero-order valence-corrected chi connectivity index (χ0v) is 15.6. The van der Waals surface area contributed by atoms with E-state index in [9.17, 15) is 9.59 Å². The van der Waals surface area contributed by atoms with Gasteiger partial charge in [-0.05, 0) is 35.9 Å². The molecule has 1 amide bonds. The fourth-order valence-corrected chi connectivity index (χ4v) is 2.29. The molecule has 0 heterocycles. The maximum atomic E-state index is 11.9. The van der Waals surface area contributed by atoms with Crippen LogP contribution in [0.15, 0.2) is 48.5 Å². The number of carbonyl (C=O) groups excluding carboxylic acids is 2. The molecule has 144 valence electrons. The van der Waals surface area contributed by atoms with Crippen LogP contribution >= 0.6 is 0 Å². The molecule has 1 N–H and O–H groups in total. The zero-order valence-electron chi connectivity index (χ0n) is 15.6. The minimum atomic E-state index is -0.655. The van der Waals surface area contributed by atoms with Crippen LogP contribution in [0.2, 0.25) is 0 Å². The van der Waals surface area contributed by atoms with E-state index in [1.54, 1.807) is 49.6 Å². The van der Waals surface area contributed by atoms with Gasteiger partial charge in [0.2, 0.25) is 0 Å². The number of benzene rings is 2. The molecule has 2 rings (SSSR count). The molecule has 0 fully saturated rings. The number of hydrogen-bond donors (Lipinski definition) is 1. The van der Waals surface area contributed by atoms with Crippen LogP contribution in [0.5, 0.6) is 11.5 Å². The molecule has 0 radical (unpaired) electrons. The van der Waals surface area contributed by atoms with Crippen molar-refractivity contribution in [1.82, 2.24) is 0 Å². The van der Waals surface area contributed by atoms with Gasteiger partial charge in [0, 0.05) is 23.4 Å². The van der Waals surface area contributed by atoms with Crippen molar-refractivity contribution < 1.29 is 23.8 Å². The lowest BCUT2D eigenvalue weighted by Gasteiger charge is -2.07. The van der Waals surface area contributed by atoms with Gasteiger partial charge in [0.15, 0.2) is 6.61 Å². The van der Waals surface area contributed by atoms with Crippen LogP contribution in [-0.4, -0.2) is 32.7 Å². The Hall–Kier alpha value is -3.79. The number of nitrogens with one attached hydrogen (secondary N) is 1. The number of nitrogens with zero attached hydrogens (tertiary/aromatic N) is 1. The van der Waals surface area contributed by atoms with E-state index in [1.165, 1.54) is 19.3 Å². The number of carbonyl (C=O) groups is 2. The molecule has 0 spiro atoms. The first-order valence-electron chi connectivity index (χ1n) is 8.38. The summed E-state index contributed by atoms with van der Waals surface area (Å²) >= 11 is 0. The Morgan fingerprint density at radius 1 is 1.11 bits per heavy atom. The number of anilines is 1. The predicted octanol–water partition coefficient (Wildman–Crippen LogP) is 2.96. The van der Waals surface area contributed by atoms with Gasteiger partial charge in [-0.25, -0.2) is 4.79 Å². The second kappa shape index (κ2) is 10.4. The molecular weight excluding hydrogens is 360 g/mol. The topological polar surface area (TPSA) is 97.6 Å². The van der Waals surface area contributed by atoms with Crippen molar-refractivity contribution in [2.24, 2.45) is 0 Å². The minimum absolute atomic E-state index is 0.303. The van der Waals surface area contributed by atoms with Gasteiger partial charge in [0.05, 0.1) is 26.7 Å². The highest BCUT2D eigenvalue weighted by Crippen LogP contribution is 2.25. The highest BCUT2D eigenvalue weighted by atomic mass is 16.5. The summed E-state index contributed by atoms with van der Waals surface area (Å²) in [6.45, 7) is -0.414. The smallest absolute Gasteiger partial charge is 0.331 e. The quantitative estimate of drug-likeness (QED) is 0.558. The standard InChI is InChI=1S/C21H20N2O5/c1-26-18-9-5-16(19(13-18)27-2)6-10-21(25)28-14-20(24)23-17-7-3-15(4-8-17)11-12-22/h3-10,13H,11,14H2,1-2H3,(H,23,24)/b10-6+. The molecule has 0 aromatic heterocycles.